The zero-order valence-electron chi connectivity index (χ0n) is 13.0. The van der Waals surface area contributed by atoms with Crippen molar-refractivity contribution in [2.45, 2.75) is 44.8 Å². The number of rotatable bonds is 5. The SMILES string of the molecule is CC(C)N(C)c1cccc(NC(=O)NCC2(O)CCC2)c1. The van der Waals surface area contributed by atoms with E-state index < -0.39 is 5.60 Å². The summed E-state index contributed by atoms with van der Waals surface area (Å²) in [5, 5.41) is 15.5. The van der Waals surface area contributed by atoms with Crippen LogP contribution in [0, 0.1) is 0 Å². The Bertz CT molecular complexity index is 498. The molecule has 0 atom stereocenters. The predicted octanol–water partition coefficient (Wildman–Crippen LogP) is 2.57. The van der Waals surface area contributed by atoms with Crippen LogP contribution in [0.25, 0.3) is 0 Å². The van der Waals surface area contributed by atoms with Crippen LogP contribution in [0.1, 0.15) is 33.1 Å². The average molecular weight is 291 g/mol. The summed E-state index contributed by atoms with van der Waals surface area (Å²) in [4.78, 5) is 14.0. The lowest BCUT2D eigenvalue weighted by molar-refractivity contribution is -0.0287. The minimum absolute atomic E-state index is 0.278. The first-order chi connectivity index (χ1) is 9.89. The monoisotopic (exact) mass is 291 g/mol. The summed E-state index contributed by atoms with van der Waals surface area (Å²) in [6, 6.07) is 7.85. The highest BCUT2D eigenvalue weighted by Crippen LogP contribution is 2.30. The molecule has 0 aliphatic heterocycles. The number of carbonyl (C=O) groups excluding carboxylic acids is 1. The van der Waals surface area contributed by atoms with Crippen LogP contribution in [0.3, 0.4) is 0 Å². The van der Waals surface area contributed by atoms with E-state index in [9.17, 15) is 9.90 Å². The van der Waals surface area contributed by atoms with Crippen LogP contribution in [0.5, 0.6) is 0 Å². The fourth-order valence-electron chi connectivity index (χ4n) is 2.28. The molecular weight excluding hydrogens is 266 g/mol. The van der Waals surface area contributed by atoms with Gasteiger partial charge in [-0.2, -0.15) is 0 Å². The summed E-state index contributed by atoms with van der Waals surface area (Å²) in [6.07, 6.45) is 2.56. The van der Waals surface area contributed by atoms with Gasteiger partial charge >= 0.3 is 6.03 Å². The van der Waals surface area contributed by atoms with Gasteiger partial charge in [0.25, 0.3) is 0 Å². The third-order valence-electron chi connectivity index (χ3n) is 4.15. The van der Waals surface area contributed by atoms with E-state index in [1.165, 1.54) is 0 Å². The third kappa shape index (κ3) is 4.11. The molecule has 0 bridgehead atoms. The van der Waals surface area contributed by atoms with Crippen LogP contribution in [-0.4, -0.2) is 36.4 Å². The van der Waals surface area contributed by atoms with E-state index >= 15 is 0 Å². The zero-order valence-corrected chi connectivity index (χ0v) is 13.0. The summed E-state index contributed by atoms with van der Waals surface area (Å²) in [5.41, 5.74) is 1.11. The van der Waals surface area contributed by atoms with Crippen LogP contribution in [-0.2, 0) is 0 Å². The van der Waals surface area contributed by atoms with Crippen molar-refractivity contribution >= 4 is 17.4 Å². The summed E-state index contributed by atoms with van der Waals surface area (Å²) in [7, 11) is 2.02. The Morgan fingerprint density at radius 1 is 1.43 bits per heavy atom. The summed E-state index contributed by atoms with van der Waals surface area (Å²) in [5.74, 6) is 0. The van der Waals surface area contributed by atoms with Gasteiger partial charge in [-0.3, -0.25) is 0 Å². The first kappa shape index (κ1) is 15.6. The highest BCUT2D eigenvalue weighted by atomic mass is 16.3. The quantitative estimate of drug-likeness (QED) is 0.781. The number of anilines is 2. The van der Waals surface area contributed by atoms with E-state index in [2.05, 4.69) is 29.4 Å². The Morgan fingerprint density at radius 3 is 2.71 bits per heavy atom. The second-order valence-electron chi connectivity index (χ2n) is 6.14. The minimum Gasteiger partial charge on any atom is -0.388 e. The van der Waals surface area contributed by atoms with E-state index in [0.717, 1.165) is 30.6 Å². The van der Waals surface area contributed by atoms with E-state index in [0.29, 0.717) is 12.6 Å². The minimum atomic E-state index is -0.697. The molecule has 2 rings (SSSR count). The number of carbonyl (C=O) groups is 1. The molecule has 0 saturated heterocycles. The Labute approximate surface area is 126 Å². The Hall–Kier alpha value is -1.75. The molecule has 0 aromatic heterocycles. The maximum Gasteiger partial charge on any atom is 0.319 e. The van der Waals surface area contributed by atoms with E-state index in [-0.39, 0.29) is 6.03 Å². The highest BCUT2D eigenvalue weighted by Gasteiger charge is 2.34. The van der Waals surface area contributed by atoms with E-state index in [4.69, 9.17) is 0 Å². The molecule has 5 nitrogen and oxygen atoms in total. The highest BCUT2D eigenvalue weighted by molar-refractivity contribution is 5.89. The van der Waals surface area contributed by atoms with E-state index in [1.54, 1.807) is 0 Å². The van der Waals surface area contributed by atoms with Gasteiger partial charge in [-0.25, -0.2) is 4.79 Å². The van der Waals surface area contributed by atoms with Crippen molar-refractivity contribution in [2.75, 3.05) is 23.8 Å². The number of hydrogen-bond donors (Lipinski definition) is 3. The Morgan fingerprint density at radius 2 is 2.14 bits per heavy atom. The second-order valence-corrected chi connectivity index (χ2v) is 6.14. The van der Waals surface area contributed by atoms with Crippen LogP contribution < -0.4 is 15.5 Å². The summed E-state index contributed by atoms with van der Waals surface area (Å²) < 4.78 is 0. The first-order valence-electron chi connectivity index (χ1n) is 7.50. The van der Waals surface area contributed by atoms with Gasteiger partial charge in [0.05, 0.1) is 5.60 Å². The van der Waals surface area contributed by atoms with Gasteiger partial charge in [0, 0.05) is 31.0 Å². The molecule has 3 N–H and O–H groups in total. The predicted molar refractivity (Wildman–Crippen MR) is 85.8 cm³/mol. The van der Waals surface area contributed by atoms with Gasteiger partial charge < -0.3 is 20.6 Å². The fraction of sp³-hybridized carbons (Fsp3) is 0.562. The lowest BCUT2D eigenvalue weighted by Crippen LogP contribution is -2.48. The molecule has 116 valence electrons. The maximum absolute atomic E-state index is 11.9. The van der Waals surface area contributed by atoms with Gasteiger partial charge in [0.2, 0.25) is 0 Å². The number of benzene rings is 1. The average Bonchev–Trinajstić information content (AvgIpc) is 2.42. The van der Waals surface area contributed by atoms with Crippen molar-refractivity contribution in [1.29, 1.82) is 0 Å². The number of aliphatic hydroxyl groups is 1. The summed E-state index contributed by atoms with van der Waals surface area (Å²) in [6.45, 7) is 4.54. The fourth-order valence-corrected chi connectivity index (χ4v) is 2.28. The number of amides is 2. The van der Waals surface area contributed by atoms with Gasteiger partial charge in [-0.05, 0) is 51.3 Å². The van der Waals surface area contributed by atoms with Crippen LogP contribution in [0.4, 0.5) is 16.2 Å². The van der Waals surface area contributed by atoms with Gasteiger partial charge in [0.15, 0.2) is 0 Å². The molecule has 1 aromatic rings. The standard InChI is InChI=1S/C16H25N3O2/c1-12(2)19(3)14-7-4-6-13(10-14)18-15(20)17-11-16(21)8-5-9-16/h4,6-7,10,12,21H,5,8-9,11H2,1-3H3,(H2,17,18,20). The van der Waals surface area contributed by atoms with Crippen LogP contribution in [0.15, 0.2) is 24.3 Å². The smallest absolute Gasteiger partial charge is 0.319 e. The maximum atomic E-state index is 11.9. The van der Waals surface area contributed by atoms with Crippen LogP contribution >= 0.6 is 0 Å². The molecule has 0 unspecified atom stereocenters. The molecule has 2 amide bonds. The van der Waals surface area contributed by atoms with Gasteiger partial charge in [-0.15, -0.1) is 0 Å². The molecular formula is C16H25N3O2. The van der Waals surface area contributed by atoms with Crippen molar-refractivity contribution < 1.29 is 9.90 Å². The largest absolute Gasteiger partial charge is 0.388 e. The van der Waals surface area contributed by atoms with Gasteiger partial charge in [0.1, 0.15) is 0 Å². The molecule has 0 spiro atoms. The molecule has 5 heteroatoms. The molecule has 0 heterocycles. The molecule has 21 heavy (non-hydrogen) atoms. The topological polar surface area (TPSA) is 64.6 Å². The number of nitrogens with zero attached hydrogens (tertiary/aromatic N) is 1. The molecule has 0 radical (unpaired) electrons. The lowest BCUT2D eigenvalue weighted by Gasteiger charge is -2.36. The molecule has 1 aromatic carbocycles. The number of hydrogen-bond acceptors (Lipinski definition) is 3. The van der Waals surface area contributed by atoms with Gasteiger partial charge in [-0.1, -0.05) is 6.07 Å². The van der Waals surface area contributed by atoms with Crippen LogP contribution in [0.2, 0.25) is 0 Å². The summed E-state index contributed by atoms with van der Waals surface area (Å²) >= 11 is 0. The van der Waals surface area contributed by atoms with Crippen molar-refractivity contribution in [3.63, 3.8) is 0 Å². The first-order valence-corrected chi connectivity index (χ1v) is 7.50. The number of nitrogens with one attached hydrogen (secondary N) is 2. The normalized spacial score (nSPS) is 16.2. The van der Waals surface area contributed by atoms with Crippen molar-refractivity contribution in [2.24, 2.45) is 0 Å². The number of urea groups is 1. The van der Waals surface area contributed by atoms with Crippen molar-refractivity contribution in [1.82, 2.24) is 5.32 Å². The third-order valence-corrected chi connectivity index (χ3v) is 4.15. The van der Waals surface area contributed by atoms with E-state index in [1.807, 2.05) is 31.3 Å². The lowest BCUT2D eigenvalue weighted by atomic mass is 9.80. The molecule has 1 saturated carbocycles. The second kappa shape index (κ2) is 6.35. The van der Waals surface area contributed by atoms with Crippen molar-refractivity contribution in [3.05, 3.63) is 24.3 Å². The Balaban J connectivity index is 1.90. The zero-order chi connectivity index (χ0) is 15.5. The molecule has 1 aliphatic rings. The molecule has 1 fully saturated rings. The molecule has 1 aliphatic carbocycles. The Kier molecular flexibility index (Phi) is 4.73. The van der Waals surface area contributed by atoms with Crippen molar-refractivity contribution in [3.8, 4) is 0 Å².